The Morgan fingerprint density at radius 3 is 2.06 bits per heavy atom. The van der Waals surface area contributed by atoms with Crippen LogP contribution in [0.5, 0.6) is 0 Å². The number of rotatable bonds is 7. The SMILES string of the molecule is CC(C)(C)C=CCCC=CC=CCCC(=O)O. The van der Waals surface area contributed by atoms with Crippen molar-refractivity contribution in [2.24, 2.45) is 5.41 Å². The van der Waals surface area contributed by atoms with Crippen LogP contribution in [0.15, 0.2) is 36.5 Å². The van der Waals surface area contributed by atoms with Crippen molar-refractivity contribution in [1.29, 1.82) is 0 Å². The lowest BCUT2D eigenvalue weighted by molar-refractivity contribution is -0.136. The summed E-state index contributed by atoms with van der Waals surface area (Å²) in [5.41, 5.74) is 0.264. The van der Waals surface area contributed by atoms with E-state index in [0.29, 0.717) is 6.42 Å². The van der Waals surface area contributed by atoms with E-state index in [4.69, 9.17) is 5.11 Å². The third kappa shape index (κ3) is 14.7. The summed E-state index contributed by atoms with van der Waals surface area (Å²) in [4.78, 5) is 10.2. The van der Waals surface area contributed by atoms with Crippen LogP contribution < -0.4 is 0 Å². The standard InChI is InChI=1S/C15H24O2/c1-15(2,3)13-11-9-7-5-4-6-8-10-12-14(16)17/h4-6,8,11,13H,7,9-10,12H2,1-3H3,(H,16,17). The largest absolute Gasteiger partial charge is 0.481 e. The minimum absolute atomic E-state index is 0.207. The minimum atomic E-state index is -0.744. The third-order valence-electron chi connectivity index (χ3n) is 2.03. The van der Waals surface area contributed by atoms with Gasteiger partial charge in [0.25, 0.3) is 0 Å². The first-order chi connectivity index (χ1) is 7.92. The van der Waals surface area contributed by atoms with Gasteiger partial charge in [0.2, 0.25) is 0 Å². The Labute approximate surface area is 105 Å². The number of carboxylic acid groups (broad SMARTS) is 1. The molecule has 2 heteroatoms. The average Bonchev–Trinajstić information content (AvgIpc) is 2.18. The van der Waals surface area contributed by atoms with Crippen molar-refractivity contribution in [2.45, 2.75) is 46.5 Å². The van der Waals surface area contributed by atoms with E-state index < -0.39 is 5.97 Å². The summed E-state index contributed by atoms with van der Waals surface area (Å²) in [6, 6.07) is 0. The molecule has 0 aromatic carbocycles. The van der Waals surface area contributed by atoms with Crippen LogP contribution in [0.3, 0.4) is 0 Å². The lowest BCUT2D eigenvalue weighted by Crippen LogP contribution is -1.97. The lowest BCUT2D eigenvalue weighted by Gasteiger charge is -2.10. The van der Waals surface area contributed by atoms with Crippen LogP contribution >= 0.6 is 0 Å². The molecule has 0 radical (unpaired) electrons. The van der Waals surface area contributed by atoms with Gasteiger partial charge < -0.3 is 5.11 Å². The highest BCUT2D eigenvalue weighted by Crippen LogP contribution is 2.15. The molecule has 0 rings (SSSR count). The molecule has 0 atom stereocenters. The first-order valence-corrected chi connectivity index (χ1v) is 6.13. The normalized spacial score (nSPS) is 13.1. The Morgan fingerprint density at radius 2 is 1.53 bits per heavy atom. The van der Waals surface area contributed by atoms with Gasteiger partial charge in [-0.3, -0.25) is 4.79 Å². The summed E-state index contributed by atoms with van der Waals surface area (Å²) >= 11 is 0. The van der Waals surface area contributed by atoms with E-state index in [0.717, 1.165) is 12.8 Å². The van der Waals surface area contributed by atoms with Crippen LogP contribution in [0.2, 0.25) is 0 Å². The van der Waals surface area contributed by atoms with Gasteiger partial charge in [0, 0.05) is 6.42 Å². The zero-order valence-electron chi connectivity index (χ0n) is 11.1. The molecular formula is C15H24O2. The highest BCUT2D eigenvalue weighted by atomic mass is 16.4. The number of aliphatic carboxylic acids is 1. The first-order valence-electron chi connectivity index (χ1n) is 6.13. The van der Waals surface area contributed by atoms with Gasteiger partial charge in [0.1, 0.15) is 0 Å². The average molecular weight is 236 g/mol. The van der Waals surface area contributed by atoms with E-state index in [1.54, 1.807) is 0 Å². The number of carbonyl (C=O) groups is 1. The van der Waals surface area contributed by atoms with Gasteiger partial charge in [-0.25, -0.2) is 0 Å². The summed E-state index contributed by atoms with van der Waals surface area (Å²) < 4.78 is 0. The molecule has 0 bridgehead atoms. The first kappa shape index (κ1) is 15.7. The van der Waals surface area contributed by atoms with Gasteiger partial charge in [-0.15, -0.1) is 0 Å². The zero-order chi connectivity index (χ0) is 13.1. The smallest absolute Gasteiger partial charge is 0.303 e. The molecule has 0 amide bonds. The van der Waals surface area contributed by atoms with Crippen LogP contribution in [0.4, 0.5) is 0 Å². The maximum atomic E-state index is 10.2. The van der Waals surface area contributed by atoms with Gasteiger partial charge in [-0.1, -0.05) is 57.2 Å². The summed E-state index contributed by atoms with van der Waals surface area (Å²) in [5, 5.41) is 8.42. The van der Waals surface area contributed by atoms with E-state index in [2.05, 4.69) is 39.0 Å². The molecule has 1 N–H and O–H groups in total. The summed E-state index contributed by atoms with van der Waals surface area (Å²) in [5.74, 6) is -0.744. The molecule has 0 heterocycles. The summed E-state index contributed by atoms with van der Waals surface area (Å²) in [6.07, 6.45) is 15.2. The predicted octanol–water partition coefficient (Wildman–Crippen LogP) is 4.35. The summed E-state index contributed by atoms with van der Waals surface area (Å²) in [7, 11) is 0. The molecule has 0 aliphatic carbocycles. The zero-order valence-corrected chi connectivity index (χ0v) is 11.1. The lowest BCUT2D eigenvalue weighted by atomic mass is 9.96. The third-order valence-corrected chi connectivity index (χ3v) is 2.03. The number of allylic oxidation sites excluding steroid dienone is 6. The molecule has 0 aromatic heterocycles. The van der Waals surface area contributed by atoms with Crippen molar-refractivity contribution in [3.63, 3.8) is 0 Å². The van der Waals surface area contributed by atoms with Gasteiger partial charge in [-0.2, -0.15) is 0 Å². The van der Waals surface area contributed by atoms with Crippen molar-refractivity contribution in [3.8, 4) is 0 Å². The molecule has 0 aliphatic rings. The number of unbranched alkanes of at least 4 members (excludes halogenated alkanes) is 1. The molecule has 0 spiro atoms. The molecule has 0 saturated heterocycles. The van der Waals surface area contributed by atoms with Crippen molar-refractivity contribution >= 4 is 5.97 Å². The van der Waals surface area contributed by atoms with E-state index in [-0.39, 0.29) is 11.8 Å². The maximum Gasteiger partial charge on any atom is 0.303 e. The molecule has 0 aromatic rings. The highest BCUT2D eigenvalue weighted by Gasteiger charge is 2.01. The minimum Gasteiger partial charge on any atom is -0.481 e. The Kier molecular flexibility index (Phi) is 8.12. The van der Waals surface area contributed by atoms with Gasteiger partial charge in [-0.05, 0) is 24.7 Å². The monoisotopic (exact) mass is 236 g/mol. The second-order valence-electron chi connectivity index (χ2n) is 5.13. The maximum absolute atomic E-state index is 10.2. The second-order valence-corrected chi connectivity index (χ2v) is 5.13. The fraction of sp³-hybridized carbons (Fsp3) is 0.533. The van der Waals surface area contributed by atoms with Gasteiger partial charge in [0.15, 0.2) is 0 Å². The topological polar surface area (TPSA) is 37.3 Å². The van der Waals surface area contributed by atoms with Gasteiger partial charge >= 0.3 is 5.97 Å². The fourth-order valence-electron chi connectivity index (χ4n) is 1.19. The molecule has 96 valence electrons. The Balaban J connectivity index is 3.55. The quantitative estimate of drug-likeness (QED) is 0.405. The van der Waals surface area contributed by atoms with Crippen LogP contribution in [-0.2, 0) is 4.79 Å². The number of hydrogen-bond acceptors (Lipinski definition) is 1. The molecule has 0 saturated carbocycles. The molecular weight excluding hydrogens is 212 g/mol. The molecule has 0 aliphatic heterocycles. The van der Waals surface area contributed by atoms with Crippen LogP contribution in [-0.4, -0.2) is 11.1 Å². The summed E-state index contributed by atoms with van der Waals surface area (Å²) in [6.45, 7) is 6.56. The van der Waals surface area contributed by atoms with Crippen LogP contribution in [0, 0.1) is 5.41 Å². The van der Waals surface area contributed by atoms with Crippen LogP contribution in [0.25, 0.3) is 0 Å². The van der Waals surface area contributed by atoms with Crippen LogP contribution in [0.1, 0.15) is 46.5 Å². The second kappa shape index (κ2) is 8.80. The molecule has 0 unspecified atom stereocenters. The molecule has 17 heavy (non-hydrogen) atoms. The van der Waals surface area contributed by atoms with Crippen molar-refractivity contribution in [3.05, 3.63) is 36.5 Å². The van der Waals surface area contributed by atoms with Crippen molar-refractivity contribution < 1.29 is 9.90 Å². The van der Waals surface area contributed by atoms with Crippen molar-refractivity contribution in [2.75, 3.05) is 0 Å². The molecule has 2 nitrogen and oxygen atoms in total. The van der Waals surface area contributed by atoms with E-state index in [1.807, 2.05) is 18.2 Å². The van der Waals surface area contributed by atoms with E-state index in [9.17, 15) is 4.79 Å². The Bertz CT molecular complexity index is 291. The Hall–Kier alpha value is -1.31. The predicted molar refractivity (Wildman–Crippen MR) is 73.0 cm³/mol. The Morgan fingerprint density at radius 1 is 1.00 bits per heavy atom. The number of carboxylic acids is 1. The highest BCUT2D eigenvalue weighted by molar-refractivity contribution is 5.66. The van der Waals surface area contributed by atoms with E-state index >= 15 is 0 Å². The number of hydrogen-bond donors (Lipinski definition) is 1. The van der Waals surface area contributed by atoms with Gasteiger partial charge in [0.05, 0.1) is 0 Å². The van der Waals surface area contributed by atoms with Crippen molar-refractivity contribution in [1.82, 2.24) is 0 Å². The van der Waals surface area contributed by atoms with E-state index in [1.165, 1.54) is 0 Å². The molecule has 0 fully saturated rings. The fourth-order valence-corrected chi connectivity index (χ4v) is 1.19.